The lowest BCUT2D eigenvalue weighted by atomic mass is 10.5. The Hall–Kier alpha value is -0.530. The molecule has 0 fully saturated rings. The lowest BCUT2D eigenvalue weighted by Crippen LogP contribution is -2.20. The summed E-state index contributed by atoms with van der Waals surface area (Å²) in [5.74, 6) is 0. The molecule has 6 heteroatoms. The molecule has 0 atom stereocenters. The summed E-state index contributed by atoms with van der Waals surface area (Å²) in [6.45, 7) is 4.92. The first-order chi connectivity index (χ1) is 8.43. The van der Waals surface area contributed by atoms with Crippen LogP contribution in [0.15, 0.2) is 11.7 Å². The molecule has 1 aromatic rings. The van der Waals surface area contributed by atoms with Crippen molar-refractivity contribution in [3.63, 3.8) is 0 Å². The molecule has 0 aromatic carbocycles. The van der Waals surface area contributed by atoms with E-state index in [1.165, 1.54) is 4.88 Å². The summed E-state index contributed by atoms with van der Waals surface area (Å²) in [5.41, 5.74) is 1.84. The molecule has 0 unspecified atom stereocenters. The van der Waals surface area contributed by atoms with E-state index in [1.54, 1.807) is 18.4 Å². The number of thiazole rings is 1. The molecule has 0 amide bonds. The van der Waals surface area contributed by atoms with Gasteiger partial charge in [0, 0.05) is 31.3 Å². The fourth-order valence-corrected chi connectivity index (χ4v) is 1.71. The molecule has 98 valence electrons. The minimum atomic E-state index is 0.623. The van der Waals surface area contributed by atoms with E-state index in [2.05, 4.69) is 10.3 Å². The Morgan fingerprint density at radius 2 is 1.94 bits per heavy atom. The lowest BCUT2D eigenvalue weighted by molar-refractivity contribution is 0.0255. The molecule has 0 bridgehead atoms. The van der Waals surface area contributed by atoms with Crippen LogP contribution in [0.4, 0.5) is 0 Å². The maximum atomic E-state index is 5.39. The first-order valence-corrected chi connectivity index (χ1v) is 6.54. The van der Waals surface area contributed by atoms with Gasteiger partial charge in [-0.05, 0) is 0 Å². The normalized spacial score (nSPS) is 10.9. The molecule has 1 N–H and O–H groups in total. The molecule has 1 heterocycles. The number of ether oxygens (including phenoxy) is 3. The molecule has 0 aliphatic carbocycles. The highest BCUT2D eigenvalue weighted by Gasteiger charge is 1.94. The summed E-state index contributed by atoms with van der Waals surface area (Å²) in [6, 6.07) is 0. The van der Waals surface area contributed by atoms with Gasteiger partial charge in [-0.1, -0.05) is 0 Å². The molecule has 0 aliphatic heterocycles. The van der Waals surface area contributed by atoms with E-state index < -0.39 is 0 Å². The van der Waals surface area contributed by atoms with Crippen LogP contribution < -0.4 is 5.32 Å². The zero-order chi connectivity index (χ0) is 12.2. The highest BCUT2D eigenvalue weighted by molar-refractivity contribution is 7.09. The van der Waals surface area contributed by atoms with E-state index in [4.69, 9.17) is 14.2 Å². The predicted octanol–water partition coefficient (Wildman–Crippen LogP) is 0.912. The highest BCUT2D eigenvalue weighted by atomic mass is 32.1. The zero-order valence-electron chi connectivity index (χ0n) is 10.2. The minimum absolute atomic E-state index is 0.623. The fourth-order valence-electron chi connectivity index (χ4n) is 1.15. The maximum absolute atomic E-state index is 5.39. The van der Waals surface area contributed by atoms with Crippen molar-refractivity contribution < 1.29 is 14.2 Å². The highest BCUT2D eigenvalue weighted by Crippen LogP contribution is 2.03. The summed E-state index contributed by atoms with van der Waals surface area (Å²) in [7, 11) is 1.66. The van der Waals surface area contributed by atoms with Crippen molar-refractivity contribution in [1.82, 2.24) is 10.3 Å². The number of hydrogen-bond donors (Lipinski definition) is 1. The Kier molecular flexibility index (Phi) is 9.07. The van der Waals surface area contributed by atoms with Crippen LogP contribution >= 0.6 is 11.3 Å². The molecule has 0 aliphatic rings. The van der Waals surface area contributed by atoms with Crippen LogP contribution in [0, 0.1) is 0 Å². The van der Waals surface area contributed by atoms with Crippen molar-refractivity contribution in [2.24, 2.45) is 0 Å². The van der Waals surface area contributed by atoms with Crippen molar-refractivity contribution >= 4 is 11.3 Å². The zero-order valence-corrected chi connectivity index (χ0v) is 11.0. The molecule has 0 radical (unpaired) electrons. The Morgan fingerprint density at radius 1 is 1.18 bits per heavy atom. The van der Waals surface area contributed by atoms with Crippen LogP contribution in [0.1, 0.15) is 4.88 Å². The predicted molar refractivity (Wildman–Crippen MR) is 67.3 cm³/mol. The number of methoxy groups -OCH3 is 1. The molecular weight excluding hydrogens is 240 g/mol. The van der Waals surface area contributed by atoms with Gasteiger partial charge in [0.1, 0.15) is 0 Å². The second kappa shape index (κ2) is 10.6. The quantitative estimate of drug-likeness (QED) is 0.599. The van der Waals surface area contributed by atoms with Crippen LogP contribution in [0.5, 0.6) is 0 Å². The van der Waals surface area contributed by atoms with Gasteiger partial charge >= 0.3 is 0 Å². The standard InChI is InChI=1S/C11H20N2O3S/c1-14-4-5-16-7-6-15-3-2-12-8-11-9-13-10-17-11/h9-10,12H,2-8H2,1H3. The molecule has 1 rings (SSSR count). The summed E-state index contributed by atoms with van der Waals surface area (Å²) < 4.78 is 15.5. The second-order valence-electron chi connectivity index (χ2n) is 3.36. The summed E-state index contributed by atoms with van der Waals surface area (Å²) in [4.78, 5) is 5.25. The summed E-state index contributed by atoms with van der Waals surface area (Å²) in [5, 5.41) is 3.28. The van der Waals surface area contributed by atoms with Crippen LogP contribution in [0.25, 0.3) is 0 Å². The third kappa shape index (κ3) is 8.23. The van der Waals surface area contributed by atoms with Gasteiger partial charge in [0.15, 0.2) is 0 Å². The largest absolute Gasteiger partial charge is 0.382 e. The van der Waals surface area contributed by atoms with E-state index in [1.807, 2.05) is 11.7 Å². The average Bonchev–Trinajstić information content (AvgIpc) is 2.85. The van der Waals surface area contributed by atoms with E-state index in [-0.39, 0.29) is 0 Å². The molecule has 5 nitrogen and oxygen atoms in total. The second-order valence-corrected chi connectivity index (χ2v) is 4.33. The summed E-state index contributed by atoms with van der Waals surface area (Å²) in [6.07, 6.45) is 1.88. The third-order valence-electron chi connectivity index (χ3n) is 2.01. The monoisotopic (exact) mass is 260 g/mol. The molecule has 0 spiro atoms. The van der Waals surface area contributed by atoms with E-state index in [0.717, 1.165) is 13.1 Å². The number of aromatic nitrogens is 1. The number of rotatable bonds is 11. The van der Waals surface area contributed by atoms with Gasteiger partial charge in [-0.3, -0.25) is 4.98 Å². The van der Waals surface area contributed by atoms with Crippen molar-refractivity contribution in [1.29, 1.82) is 0 Å². The third-order valence-corrected chi connectivity index (χ3v) is 2.79. The molecular formula is C11H20N2O3S. The van der Waals surface area contributed by atoms with Gasteiger partial charge in [0.25, 0.3) is 0 Å². The Morgan fingerprint density at radius 3 is 2.65 bits per heavy atom. The van der Waals surface area contributed by atoms with E-state index >= 15 is 0 Å². The maximum Gasteiger partial charge on any atom is 0.0794 e. The van der Waals surface area contributed by atoms with Crippen LogP contribution in [-0.4, -0.2) is 51.7 Å². The van der Waals surface area contributed by atoms with E-state index in [9.17, 15) is 0 Å². The minimum Gasteiger partial charge on any atom is -0.382 e. The number of hydrogen-bond acceptors (Lipinski definition) is 6. The smallest absolute Gasteiger partial charge is 0.0794 e. The Labute approximate surface area is 106 Å². The van der Waals surface area contributed by atoms with Gasteiger partial charge in [-0.15, -0.1) is 11.3 Å². The number of nitrogens with zero attached hydrogens (tertiary/aromatic N) is 1. The molecule has 17 heavy (non-hydrogen) atoms. The molecule has 0 saturated carbocycles. The summed E-state index contributed by atoms with van der Waals surface area (Å²) >= 11 is 1.66. The topological polar surface area (TPSA) is 52.6 Å². The van der Waals surface area contributed by atoms with Gasteiger partial charge in [-0.25, -0.2) is 0 Å². The number of nitrogens with one attached hydrogen (secondary N) is 1. The van der Waals surface area contributed by atoms with Gasteiger partial charge in [0.05, 0.1) is 38.5 Å². The van der Waals surface area contributed by atoms with Crippen LogP contribution in [0.3, 0.4) is 0 Å². The lowest BCUT2D eigenvalue weighted by Gasteiger charge is -2.06. The van der Waals surface area contributed by atoms with Crippen molar-refractivity contribution in [3.8, 4) is 0 Å². The Bertz CT molecular complexity index is 257. The van der Waals surface area contributed by atoms with Gasteiger partial charge in [0.2, 0.25) is 0 Å². The van der Waals surface area contributed by atoms with Crippen LogP contribution in [-0.2, 0) is 20.8 Å². The first kappa shape index (κ1) is 14.5. The van der Waals surface area contributed by atoms with E-state index in [0.29, 0.717) is 33.0 Å². The first-order valence-electron chi connectivity index (χ1n) is 5.66. The van der Waals surface area contributed by atoms with Crippen molar-refractivity contribution in [2.75, 3.05) is 46.7 Å². The van der Waals surface area contributed by atoms with Crippen LogP contribution in [0.2, 0.25) is 0 Å². The van der Waals surface area contributed by atoms with Gasteiger partial charge in [-0.2, -0.15) is 0 Å². The molecule has 1 aromatic heterocycles. The van der Waals surface area contributed by atoms with Crippen molar-refractivity contribution in [2.45, 2.75) is 6.54 Å². The van der Waals surface area contributed by atoms with Gasteiger partial charge < -0.3 is 19.5 Å². The SMILES string of the molecule is COCCOCCOCCNCc1cncs1. The fraction of sp³-hybridized carbons (Fsp3) is 0.727. The average molecular weight is 260 g/mol. The van der Waals surface area contributed by atoms with Crippen molar-refractivity contribution in [3.05, 3.63) is 16.6 Å². The molecule has 0 saturated heterocycles. The Balaban J connectivity index is 1.76.